The molecule has 1 fully saturated rings. The van der Waals surface area contributed by atoms with E-state index in [1.54, 1.807) is 28.1 Å². The number of aromatic nitrogens is 5. The number of urea groups is 1. The molecule has 4 heterocycles. The van der Waals surface area contributed by atoms with Crippen molar-refractivity contribution in [3.05, 3.63) is 59.3 Å². The lowest BCUT2D eigenvalue weighted by molar-refractivity contribution is 0.139. The molecule has 2 aromatic heterocycles. The number of carbonyl (C=O) groups is 1. The highest BCUT2D eigenvalue weighted by atomic mass is 19.1. The third kappa shape index (κ3) is 4.18. The lowest BCUT2D eigenvalue weighted by Gasteiger charge is -2.37. The van der Waals surface area contributed by atoms with Gasteiger partial charge in [0, 0.05) is 57.1 Å². The van der Waals surface area contributed by atoms with Crippen molar-refractivity contribution in [2.75, 3.05) is 31.1 Å². The second-order valence-electron chi connectivity index (χ2n) is 8.19. The molecule has 2 amide bonds. The van der Waals surface area contributed by atoms with E-state index in [9.17, 15) is 13.6 Å². The van der Waals surface area contributed by atoms with Crippen molar-refractivity contribution in [3.8, 4) is 5.82 Å². The van der Waals surface area contributed by atoms with Crippen LogP contribution in [0.15, 0.2) is 35.6 Å². The Kier molecular flexibility index (Phi) is 5.64. The van der Waals surface area contributed by atoms with E-state index < -0.39 is 17.7 Å². The van der Waals surface area contributed by atoms with Crippen LogP contribution in [0.2, 0.25) is 0 Å². The van der Waals surface area contributed by atoms with Gasteiger partial charge in [-0.2, -0.15) is 14.8 Å². The number of benzene rings is 1. The maximum Gasteiger partial charge on any atom is 0.341 e. The van der Waals surface area contributed by atoms with Crippen LogP contribution in [0.3, 0.4) is 0 Å². The number of carbonyl (C=O) groups excluding carboxylic acids is 1. The predicted molar refractivity (Wildman–Crippen MR) is 120 cm³/mol. The van der Waals surface area contributed by atoms with E-state index in [1.165, 1.54) is 17.1 Å². The second-order valence-corrected chi connectivity index (χ2v) is 8.19. The molecule has 176 valence electrons. The Bertz CT molecular complexity index is 1230. The molecule has 10 nitrogen and oxygen atoms in total. The number of hydrogen-bond donors (Lipinski definition) is 0. The molecule has 1 saturated heterocycles. The first-order valence-corrected chi connectivity index (χ1v) is 10.9. The predicted octanol–water partition coefficient (Wildman–Crippen LogP) is 2.63. The fraction of sp³-hybridized carbons (Fsp3) is 0.364. The van der Waals surface area contributed by atoms with Crippen LogP contribution in [-0.4, -0.2) is 73.1 Å². The van der Waals surface area contributed by atoms with E-state index in [-0.39, 0.29) is 6.03 Å². The average Bonchev–Trinajstić information content (AvgIpc) is 3.44. The zero-order valence-corrected chi connectivity index (χ0v) is 18.8. The van der Waals surface area contributed by atoms with Crippen molar-refractivity contribution in [2.45, 2.75) is 26.3 Å². The summed E-state index contributed by atoms with van der Waals surface area (Å²) >= 11 is 0. The van der Waals surface area contributed by atoms with Gasteiger partial charge in [-0.1, -0.05) is 0 Å². The molecule has 1 unspecified atom stereocenters. The fourth-order valence-electron chi connectivity index (χ4n) is 4.23. The number of aryl methyl sites for hydroxylation is 2. The van der Waals surface area contributed by atoms with Crippen LogP contribution in [0.25, 0.3) is 5.82 Å². The van der Waals surface area contributed by atoms with Gasteiger partial charge in [-0.25, -0.2) is 28.6 Å². The second kappa shape index (κ2) is 8.76. The van der Waals surface area contributed by atoms with Gasteiger partial charge in [0.15, 0.2) is 5.82 Å². The summed E-state index contributed by atoms with van der Waals surface area (Å²) in [5.41, 5.74) is 0.380. The van der Waals surface area contributed by atoms with Gasteiger partial charge in [0.05, 0.1) is 6.04 Å². The molecule has 0 spiro atoms. The Morgan fingerprint density at radius 1 is 1.03 bits per heavy atom. The van der Waals surface area contributed by atoms with Crippen molar-refractivity contribution in [3.63, 3.8) is 0 Å². The number of rotatable bonds is 3. The molecule has 2 aliphatic rings. The molecule has 34 heavy (non-hydrogen) atoms. The van der Waals surface area contributed by atoms with Gasteiger partial charge < -0.3 is 9.80 Å². The maximum absolute atomic E-state index is 13.7. The first-order valence-electron chi connectivity index (χ1n) is 10.9. The smallest absolute Gasteiger partial charge is 0.337 e. The summed E-state index contributed by atoms with van der Waals surface area (Å²) in [5, 5.41) is 9.85. The Labute approximate surface area is 194 Å². The molecule has 1 atom stereocenters. The van der Waals surface area contributed by atoms with Crippen LogP contribution in [0.4, 0.5) is 19.5 Å². The Balaban J connectivity index is 1.26. The molecule has 2 aliphatic heterocycles. The first kappa shape index (κ1) is 21.9. The minimum absolute atomic E-state index is 0.300. The number of halogens is 2. The summed E-state index contributed by atoms with van der Waals surface area (Å²) < 4.78 is 29.1. The van der Waals surface area contributed by atoms with Crippen LogP contribution in [-0.2, 0) is 0 Å². The van der Waals surface area contributed by atoms with Gasteiger partial charge in [0.25, 0.3) is 0 Å². The third-order valence-electron chi connectivity index (χ3n) is 5.85. The molecule has 0 bridgehead atoms. The van der Waals surface area contributed by atoms with Crippen LogP contribution in [0.5, 0.6) is 0 Å². The molecule has 12 heteroatoms. The van der Waals surface area contributed by atoms with E-state index in [2.05, 4.69) is 25.2 Å². The SMILES string of the molecule is Cc1nc(C)n(-c2ccnc(N3CCN(C(=O)N4N=CCC4c4cc(F)cc(F)c4)CC3)n2)n1. The lowest BCUT2D eigenvalue weighted by Crippen LogP contribution is -2.52. The largest absolute Gasteiger partial charge is 0.341 e. The van der Waals surface area contributed by atoms with Crippen molar-refractivity contribution >= 4 is 18.2 Å². The Hall–Kier alpha value is -3.96. The zero-order valence-electron chi connectivity index (χ0n) is 18.8. The van der Waals surface area contributed by atoms with Crippen molar-refractivity contribution < 1.29 is 13.6 Å². The monoisotopic (exact) mass is 467 g/mol. The molecule has 1 aromatic carbocycles. The number of nitrogens with zero attached hydrogens (tertiary/aromatic N) is 9. The van der Waals surface area contributed by atoms with Gasteiger partial charge >= 0.3 is 6.03 Å². The van der Waals surface area contributed by atoms with E-state index in [4.69, 9.17) is 0 Å². The summed E-state index contributed by atoms with van der Waals surface area (Å²) in [6.45, 7) is 5.61. The highest BCUT2D eigenvalue weighted by Crippen LogP contribution is 2.30. The molecule has 0 saturated carbocycles. The van der Waals surface area contributed by atoms with E-state index in [0.717, 1.165) is 11.9 Å². The number of anilines is 1. The minimum Gasteiger partial charge on any atom is -0.337 e. The van der Waals surface area contributed by atoms with Crippen LogP contribution in [0, 0.1) is 25.5 Å². The number of hydrazone groups is 1. The average molecular weight is 467 g/mol. The zero-order chi connectivity index (χ0) is 23.8. The van der Waals surface area contributed by atoms with Crippen molar-refractivity contribution in [2.24, 2.45) is 5.10 Å². The normalized spacial score (nSPS) is 18.1. The summed E-state index contributed by atoms with van der Waals surface area (Å²) in [6.07, 6.45) is 3.67. The summed E-state index contributed by atoms with van der Waals surface area (Å²) in [6, 6.07) is 4.22. The molecule has 3 aromatic rings. The standard InChI is InChI=1S/C22H23F2N9O/c1-14-27-15(2)32(29-14)20-4-5-25-21(28-20)30-7-9-31(10-8-30)22(34)33-19(3-6-26-33)16-11-17(23)13-18(24)12-16/h4-6,11-13,19H,3,7-10H2,1-2H3. The minimum atomic E-state index is -0.679. The van der Waals surface area contributed by atoms with E-state index in [1.807, 2.05) is 18.7 Å². The van der Waals surface area contributed by atoms with Gasteiger partial charge in [-0.05, 0) is 31.5 Å². The molecule has 0 radical (unpaired) electrons. The van der Waals surface area contributed by atoms with Gasteiger partial charge in [-0.15, -0.1) is 5.10 Å². The molecular formula is C22H23F2N9O. The quantitative estimate of drug-likeness (QED) is 0.588. The van der Waals surface area contributed by atoms with Crippen LogP contribution in [0.1, 0.15) is 29.7 Å². The topological polar surface area (TPSA) is 95.6 Å². The summed E-state index contributed by atoms with van der Waals surface area (Å²) in [5.74, 6) is 1.20. The molecule has 5 rings (SSSR count). The molecular weight excluding hydrogens is 444 g/mol. The summed E-state index contributed by atoms with van der Waals surface area (Å²) in [4.78, 5) is 30.2. The van der Waals surface area contributed by atoms with E-state index >= 15 is 0 Å². The van der Waals surface area contributed by atoms with Crippen LogP contribution < -0.4 is 4.90 Å². The summed E-state index contributed by atoms with van der Waals surface area (Å²) in [7, 11) is 0. The first-order chi connectivity index (χ1) is 16.4. The maximum atomic E-state index is 13.7. The molecule has 0 aliphatic carbocycles. The highest BCUT2D eigenvalue weighted by Gasteiger charge is 2.34. The lowest BCUT2D eigenvalue weighted by atomic mass is 10.0. The van der Waals surface area contributed by atoms with Crippen molar-refractivity contribution in [1.29, 1.82) is 0 Å². The Morgan fingerprint density at radius 2 is 1.76 bits per heavy atom. The number of piperazine rings is 1. The van der Waals surface area contributed by atoms with E-state index in [0.29, 0.717) is 55.8 Å². The number of amides is 2. The van der Waals surface area contributed by atoms with Crippen molar-refractivity contribution in [1.82, 2.24) is 34.6 Å². The third-order valence-corrected chi connectivity index (χ3v) is 5.85. The van der Waals surface area contributed by atoms with Crippen LogP contribution >= 0.6 is 0 Å². The Morgan fingerprint density at radius 3 is 2.44 bits per heavy atom. The molecule has 0 N–H and O–H groups in total. The van der Waals surface area contributed by atoms with Gasteiger partial charge in [0.2, 0.25) is 5.95 Å². The van der Waals surface area contributed by atoms with Gasteiger partial charge in [-0.3, -0.25) is 0 Å². The van der Waals surface area contributed by atoms with Gasteiger partial charge in [0.1, 0.15) is 23.3 Å². The highest BCUT2D eigenvalue weighted by molar-refractivity contribution is 5.78. The number of hydrogen-bond acceptors (Lipinski definition) is 7. The fourth-order valence-corrected chi connectivity index (χ4v) is 4.23.